The van der Waals surface area contributed by atoms with Crippen LogP contribution >= 0.6 is 0 Å². The van der Waals surface area contributed by atoms with E-state index in [1.807, 2.05) is 6.92 Å². The summed E-state index contributed by atoms with van der Waals surface area (Å²) in [5.41, 5.74) is 0.206. The number of nitrogens with zero attached hydrogens (tertiary/aromatic N) is 1. The molecule has 0 saturated carbocycles. The van der Waals surface area contributed by atoms with Crippen molar-refractivity contribution in [3.63, 3.8) is 0 Å². The maximum absolute atomic E-state index is 12.8. The number of hydrogen-bond acceptors (Lipinski definition) is 3. The molecule has 1 fully saturated rings. The van der Waals surface area contributed by atoms with Gasteiger partial charge in [0.2, 0.25) is 5.91 Å². The number of likely N-dealkylation sites (tertiary alicyclic amines) is 1. The molecule has 1 amide bonds. The molecule has 0 aromatic rings. The Morgan fingerprint density at radius 2 is 1.70 bits per heavy atom. The smallest absolute Gasteiger partial charge is 0.226 e. The number of carbonyl (C=O) groups is 1. The van der Waals surface area contributed by atoms with Gasteiger partial charge >= 0.3 is 0 Å². The second-order valence-electron chi connectivity index (χ2n) is 9.94. The number of hydrogen-bond donors (Lipinski definition) is 1. The molecule has 1 saturated heterocycles. The summed E-state index contributed by atoms with van der Waals surface area (Å²) in [6.07, 6.45) is 0.980. The molecule has 1 unspecified atom stereocenters. The fourth-order valence-corrected chi connectivity index (χ4v) is 3.22. The third kappa shape index (κ3) is 6.07. The Labute approximate surface area is 142 Å². The number of rotatable bonds is 5. The molecule has 136 valence electrons. The highest BCUT2D eigenvalue weighted by atomic mass is 16.6. The van der Waals surface area contributed by atoms with Gasteiger partial charge in [0.15, 0.2) is 5.79 Å². The normalized spacial score (nSPS) is 25.1. The van der Waals surface area contributed by atoms with Gasteiger partial charge in [0.05, 0.1) is 6.61 Å². The van der Waals surface area contributed by atoms with Gasteiger partial charge in [-0.1, -0.05) is 48.5 Å². The standard InChI is InChI=1S/C19H37NO3/c1-13-14(12-23-19(8,9)22)11-20(16(13)21)15(18(5,6)7)10-17(2,3)4/h13-15,22H,10-12H2,1-9H3/t13-,14+,15?/m1/s1. The Morgan fingerprint density at radius 3 is 2.09 bits per heavy atom. The molecular formula is C19H37NO3. The first kappa shape index (κ1) is 20.4. The van der Waals surface area contributed by atoms with Crippen LogP contribution in [0.5, 0.6) is 0 Å². The molecule has 0 spiro atoms. The Kier molecular flexibility index (Phi) is 5.97. The Balaban J connectivity index is 2.90. The SMILES string of the molecule is C[C@H]1C(=O)N(C(CC(C)(C)C)C(C)(C)C)C[C@H]1COC(C)(C)O. The fourth-order valence-electron chi connectivity index (χ4n) is 3.22. The molecule has 4 nitrogen and oxygen atoms in total. The molecule has 1 heterocycles. The maximum atomic E-state index is 12.8. The highest BCUT2D eigenvalue weighted by Crippen LogP contribution is 2.38. The van der Waals surface area contributed by atoms with Crippen LogP contribution in [-0.4, -0.2) is 40.9 Å². The minimum Gasteiger partial charge on any atom is -0.366 e. The molecule has 0 aromatic carbocycles. The zero-order valence-corrected chi connectivity index (χ0v) is 16.6. The number of carbonyl (C=O) groups excluding carboxylic acids is 1. The summed E-state index contributed by atoms with van der Waals surface area (Å²) in [7, 11) is 0. The second-order valence-corrected chi connectivity index (χ2v) is 9.94. The molecule has 1 N–H and O–H groups in total. The van der Waals surface area contributed by atoms with Crippen LogP contribution in [0, 0.1) is 22.7 Å². The van der Waals surface area contributed by atoms with Gasteiger partial charge in [-0.3, -0.25) is 4.79 Å². The van der Waals surface area contributed by atoms with Crippen molar-refractivity contribution in [2.24, 2.45) is 22.7 Å². The van der Waals surface area contributed by atoms with Crippen molar-refractivity contribution < 1.29 is 14.6 Å². The number of aliphatic hydroxyl groups is 1. The van der Waals surface area contributed by atoms with E-state index in [4.69, 9.17) is 4.74 Å². The van der Waals surface area contributed by atoms with Crippen molar-refractivity contribution in [3.8, 4) is 0 Å². The van der Waals surface area contributed by atoms with E-state index in [9.17, 15) is 9.90 Å². The van der Waals surface area contributed by atoms with E-state index in [1.165, 1.54) is 0 Å². The molecule has 0 aliphatic carbocycles. The first-order chi connectivity index (χ1) is 10.1. The van der Waals surface area contributed by atoms with E-state index in [0.29, 0.717) is 13.2 Å². The fraction of sp³-hybridized carbons (Fsp3) is 0.947. The van der Waals surface area contributed by atoms with Crippen molar-refractivity contribution in [1.82, 2.24) is 4.90 Å². The van der Waals surface area contributed by atoms with Gasteiger partial charge in [-0.2, -0.15) is 0 Å². The molecule has 0 bridgehead atoms. The highest BCUT2D eigenvalue weighted by Gasteiger charge is 2.45. The third-order valence-corrected chi connectivity index (χ3v) is 4.64. The Hall–Kier alpha value is -0.610. The molecule has 1 aliphatic rings. The van der Waals surface area contributed by atoms with Gasteiger partial charge in [0.1, 0.15) is 0 Å². The van der Waals surface area contributed by atoms with Gasteiger partial charge < -0.3 is 14.7 Å². The van der Waals surface area contributed by atoms with Crippen LogP contribution in [0.15, 0.2) is 0 Å². The summed E-state index contributed by atoms with van der Waals surface area (Å²) in [5, 5.41) is 9.77. The van der Waals surface area contributed by atoms with E-state index in [0.717, 1.165) is 6.42 Å². The lowest BCUT2D eigenvalue weighted by atomic mass is 9.76. The first-order valence-corrected chi connectivity index (χ1v) is 8.78. The van der Waals surface area contributed by atoms with E-state index in [-0.39, 0.29) is 34.6 Å². The molecule has 4 heteroatoms. The largest absolute Gasteiger partial charge is 0.366 e. The number of amides is 1. The number of ether oxygens (including phenoxy) is 1. The van der Waals surface area contributed by atoms with Gasteiger partial charge in [0.25, 0.3) is 0 Å². The lowest BCUT2D eigenvalue weighted by molar-refractivity contribution is -0.184. The highest BCUT2D eigenvalue weighted by molar-refractivity contribution is 5.81. The molecule has 23 heavy (non-hydrogen) atoms. The van der Waals surface area contributed by atoms with E-state index < -0.39 is 5.79 Å². The monoisotopic (exact) mass is 327 g/mol. The lowest BCUT2D eigenvalue weighted by Crippen LogP contribution is -2.47. The average molecular weight is 328 g/mol. The summed E-state index contributed by atoms with van der Waals surface area (Å²) >= 11 is 0. The minimum absolute atomic E-state index is 0.0364. The molecule has 1 aliphatic heterocycles. The van der Waals surface area contributed by atoms with Gasteiger partial charge in [0, 0.05) is 24.4 Å². The third-order valence-electron chi connectivity index (χ3n) is 4.64. The van der Waals surface area contributed by atoms with Gasteiger partial charge in [-0.15, -0.1) is 0 Å². The van der Waals surface area contributed by atoms with Crippen molar-refractivity contribution >= 4 is 5.91 Å². The summed E-state index contributed by atoms with van der Waals surface area (Å²) in [4.78, 5) is 14.9. The molecule has 0 aromatic heterocycles. The summed E-state index contributed by atoms with van der Waals surface area (Å²) in [6.45, 7) is 19.7. The van der Waals surface area contributed by atoms with E-state index in [2.05, 4.69) is 46.4 Å². The van der Waals surface area contributed by atoms with Crippen LogP contribution in [0.4, 0.5) is 0 Å². The van der Waals surface area contributed by atoms with Crippen molar-refractivity contribution in [2.75, 3.05) is 13.2 Å². The maximum Gasteiger partial charge on any atom is 0.226 e. The van der Waals surface area contributed by atoms with Crippen LogP contribution < -0.4 is 0 Å². The predicted octanol–water partition coefficient (Wildman–Crippen LogP) is 3.68. The zero-order valence-electron chi connectivity index (χ0n) is 16.6. The zero-order chi connectivity index (χ0) is 18.2. The van der Waals surface area contributed by atoms with E-state index in [1.54, 1.807) is 13.8 Å². The topological polar surface area (TPSA) is 49.8 Å². The second kappa shape index (κ2) is 6.72. The molecule has 1 rings (SSSR count). The minimum atomic E-state index is -1.15. The van der Waals surface area contributed by atoms with Gasteiger partial charge in [-0.05, 0) is 31.1 Å². The average Bonchev–Trinajstić information content (AvgIpc) is 2.58. The first-order valence-electron chi connectivity index (χ1n) is 8.78. The summed E-state index contributed by atoms with van der Waals surface area (Å²) < 4.78 is 5.52. The molecule has 3 atom stereocenters. The van der Waals surface area contributed by atoms with Crippen LogP contribution in [0.25, 0.3) is 0 Å². The Bertz CT molecular complexity index is 412. The van der Waals surface area contributed by atoms with Crippen molar-refractivity contribution in [1.29, 1.82) is 0 Å². The summed E-state index contributed by atoms with van der Waals surface area (Å²) in [6, 6.07) is 0.213. The predicted molar refractivity (Wildman–Crippen MR) is 93.9 cm³/mol. The van der Waals surface area contributed by atoms with Crippen LogP contribution in [-0.2, 0) is 9.53 Å². The molecular weight excluding hydrogens is 290 g/mol. The van der Waals surface area contributed by atoms with Crippen molar-refractivity contribution in [2.45, 2.75) is 80.6 Å². The Morgan fingerprint density at radius 1 is 1.17 bits per heavy atom. The quantitative estimate of drug-likeness (QED) is 0.784. The van der Waals surface area contributed by atoms with Crippen LogP contribution in [0.3, 0.4) is 0 Å². The van der Waals surface area contributed by atoms with Crippen molar-refractivity contribution in [3.05, 3.63) is 0 Å². The van der Waals surface area contributed by atoms with Crippen LogP contribution in [0.1, 0.15) is 68.7 Å². The van der Waals surface area contributed by atoms with Gasteiger partial charge in [-0.25, -0.2) is 0 Å². The van der Waals surface area contributed by atoms with Crippen LogP contribution in [0.2, 0.25) is 0 Å². The summed E-state index contributed by atoms with van der Waals surface area (Å²) in [5.74, 6) is -0.843. The lowest BCUT2D eigenvalue weighted by Gasteiger charge is -2.42. The molecule has 0 radical (unpaired) electrons. The van der Waals surface area contributed by atoms with E-state index >= 15 is 0 Å².